The third-order valence-corrected chi connectivity index (χ3v) is 7.97. The topological polar surface area (TPSA) is 117 Å². The number of carbonyl (C=O) groups is 2. The monoisotopic (exact) mass is 556 g/mol. The van der Waals surface area contributed by atoms with Crippen LogP contribution in [0.15, 0.2) is 42.5 Å². The quantitative estimate of drug-likeness (QED) is 0.318. The lowest BCUT2D eigenvalue weighted by Gasteiger charge is -2.31. The number of anilines is 1. The number of aliphatic hydroxyl groups is 1. The van der Waals surface area contributed by atoms with Gasteiger partial charge < -0.3 is 30.3 Å². The number of carbonyl (C=O) groups excluding carboxylic acids is 1. The van der Waals surface area contributed by atoms with Crippen LogP contribution in [-0.2, 0) is 15.0 Å². The van der Waals surface area contributed by atoms with Gasteiger partial charge in [-0.2, -0.15) is 0 Å². The van der Waals surface area contributed by atoms with Gasteiger partial charge in [-0.05, 0) is 56.9 Å². The number of aliphatic hydroxyl groups excluding tert-OH is 1. The van der Waals surface area contributed by atoms with Gasteiger partial charge in [-0.1, -0.05) is 43.2 Å². The van der Waals surface area contributed by atoms with E-state index in [9.17, 15) is 14.7 Å². The molecule has 0 bridgehead atoms. The molecule has 4 N–H and O–H groups in total. The van der Waals surface area contributed by atoms with Crippen molar-refractivity contribution in [2.24, 2.45) is 0 Å². The molecule has 1 unspecified atom stereocenters. The maximum absolute atomic E-state index is 12.8. The smallest absolute Gasteiger partial charge is 0.341 e. The van der Waals surface area contributed by atoms with Gasteiger partial charge in [0.25, 0.3) is 0 Å². The summed E-state index contributed by atoms with van der Waals surface area (Å²) in [5.41, 5.74) is 3.01. The van der Waals surface area contributed by atoms with E-state index in [2.05, 4.69) is 30.6 Å². The van der Waals surface area contributed by atoms with Gasteiger partial charge in [-0.3, -0.25) is 4.79 Å². The molecule has 1 aliphatic heterocycles. The largest absolute Gasteiger partial charge is 0.490 e. The minimum Gasteiger partial charge on any atom is -0.490 e. The summed E-state index contributed by atoms with van der Waals surface area (Å²) in [5, 5.41) is 26.2. The third-order valence-electron chi connectivity index (χ3n) is 7.97. The second-order valence-electron chi connectivity index (χ2n) is 11.3. The number of rotatable bonds is 11. The van der Waals surface area contributed by atoms with Crippen LogP contribution in [0.2, 0.25) is 0 Å². The second-order valence-corrected chi connectivity index (χ2v) is 11.3. The highest BCUT2D eigenvalue weighted by Gasteiger charge is 2.50. The van der Waals surface area contributed by atoms with Gasteiger partial charge in [0.05, 0.1) is 5.41 Å². The lowest BCUT2D eigenvalue weighted by Crippen LogP contribution is -2.45. The Balaban J connectivity index is 0.00000353. The molecule has 1 saturated carbocycles. The van der Waals surface area contributed by atoms with Crippen LogP contribution in [0.5, 0.6) is 11.5 Å². The Bertz CT molecular complexity index is 1250. The van der Waals surface area contributed by atoms with Crippen molar-refractivity contribution < 1.29 is 29.3 Å². The van der Waals surface area contributed by atoms with E-state index in [1.807, 2.05) is 36.4 Å². The summed E-state index contributed by atoms with van der Waals surface area (Å²) in [6.07, 6.45) is 7.88. The van der Waals surface area contributed by atoms with Gasteiger partial charge in [0, 0.05) is 34.8 Å². The summed E-state index contributed by atoms with van der Waals surface area (Å²) in [7, 11) is 0. The Morgan fingerprint density at radius 2 is 1.87 bits per heavy atom. The number of nitrogens with one attached hydrogen (secondary N) is 2. The van der Waals surface area contributed by atoms with Gasteiger partial charge in [0.2, 0.25) is 5.91 Å². The maximum Gasteiger partial charge on any atom is 0.341 e. The summed E-state index contributed by atoms with van der Waals surface area (Å²) in [4.78, 5) is 23.7. The Labute approximate surface area is 235 Å². The van der Waals surface area contributed by atoms with Crippen molar-refractivity contribution >= 4 is 36.0 Å². The first-order valence-corrected chi connectivity index (χ1v) is 13.4. The first kappa shape index (κ1) is 28.9. The molecule has 1 heterocycles. The van der Waals surface area contributed by atoms with Crippen LogP contribution in [-0.4, -0.2) is 53.5 Å². The predicted octanol–water partition coefficient (Wildman–Crippen LogP) is 4.64. The molecule has 210 valence electrons. The Hall–Kier alpha value is -3.07. The number of carboxylic acids is 1. The van der Waals surface area contributed by atoms with Gasteiger partial charge in [-0.25, -0.2) is 4.79 Å². The summed E-state index contributed by atoms with van der Waals surface area (Å²) >= 11 is 0. The van der Waals surface area contributed by atoms with E-state index in [1.54, 1.807) is 6.07 Å². The Morgan fingerprint density at radius 3 is 2.62 bits per heavy atom. The van der Waals surface area contributed by atoms with Crippen LogP contribution in [0, 0.1) is 0 Å². The summed E-state index contributed by atoms with van der Waals surface area (Å²) in [5.74, 6) is 0.455. The molecule has 9 heteroatoms. The van der Waals surface area contributed by atoms with E-state index in [0.29, 0.717) is 18.0 Å². The molecule has 1 fully saturated rings. The molecule has 2 aromatic carbocycles. The van der Waals surface area contributed by atoms with E-state index < -0.39 is 17.5 Å². The predicted molar refractivity (Wildman–Crippen MR) is 152 cm³/mol. The van der Waals surface area contributed by atoms with Crippen LogP contribution < -0.4 is 20.1 Å². The molecule has 0 aromatic heterocycles. The van der Waals surface area contributed by atoms with Gasteiger partial charge >= 0.3 is 5.97 Å². The normalized spacial score (nSPS) is 19.3. The standard InChI is InChI=1S/C30H36N2O6.ClH/c1-29(2,15-19-11-12-22-21(19)7-5-9-24(22)38-18-26(34)35)31-16-20(33)17-37-25-10-6-8-23-27(25)30(28(36)32-23)13-3-4-14-30;/h5-12,19-20,31,33H,3-4,13-18H2,1-2H3,(H,32,36)(H,34,35);1H/t19?,20-;/m0./s1. The van der Waals surface area contributed by atoms with Crippen LogP contribution in [0.25, 0.3) is 6.08 Å². The van der Waals surface area contributed by atoms with E-state index in [-0.39, 0.29) is 43.0 Å². The van der Waals surface area contributed by atoms with Gasteiger partial charge in [0.1, 0.15) is 24.2 Å². The highest BCUT2D eigenvalue weighted by atomic mass is 35.5. The van der Waals surface area contributed by atoms with E-state index >= 15 is 0 Å². The molecule has 0 saturated heterocycles. The Morgan fingerprint density at radius 1 is 1.15 bits per heavy atom. The number of aliphatic carboxylic acids is 1. The zero-order valence-electron chi connectivity index (χ0n) is 22.4. The van der Waals surface area contributed by atoms with Gasteiger partial charge in [0.15, 0.2) is 6.61 Å². The zero-order valence-corrected chi connectivity index (χ0v) is 23.2. The number of hydrogen-bond donors (Lipinski definition) is 4. The SMILES string of the molecule is CC(C)(CC1C=Cc2c(OCC(=O)O)cccc21)NC[C@H](O)COc1cccc2c1C1(CCCC1)C(=O)N2.Cl. The number of allylic oxidation sites excluding steroid dienone is 1. The lowest BCUT2D eigenvalue weighted by atomic mass is 9.79. The van der Waals surface area contributed by atoms with Crippen molar-refractivity contribution in [2.45, 2.75) is 68.9 Å². The summed E-state index contributed by atoms with van der Waals surface area (Å²) < 4.78 is 11.6. The highest BCUT2D eigenvalue weighted by molar-refractivity contribution is 6.07. The number of carboxylic acid groups (broad SMARTS) is 1. The molecule has 1 spiro atoms. The fraction of sp³-hybridized carbons (Fsp3) is 0.467. The van der Waals surface area contributed by atoms with Crippen molar-refractivity contribution in [1.29, 1.82) is 0 Å². The molecule has 2 aliphatic carbocycles. The Kier molecular flexibility index (Phi) is 8.59. The minimum atomic E-state index is -1.01. The molecule has 39 heavy (non-hydrogen) atoms. The van der Waals surface area contributed by atoms with Crippen molar-refractivity contribution in [3.8, 4) is 11.5 Å². The number of fused-ring (bicyclic) bond motifs is 3. The molecule has 2 atom stereocenters. The van der Waals surface area contributed by atoms with Crippen molar-refractivity contribution in [1.82, 2.24) is 5.32 Å². The van der Waals surface area contributed by atoms with Crippen LogP contribution in [0.3, 0.4) is 0 Å². The summed E-state index contributed by atoms with van der Waals surface area (Å²) in [6.45, 7) is 4.31. The van der Waals surface area contributed by atoms with Crippen LogP contribution in [0.1, 0.15) is 68.6 Å². The van der Waals surface area contributed by atoms with Crippen molar-refractivity contribution in [3.05, 3.63) is 59.2 Å². The molecule has 3 aliphatic rings. The van der Waals surface area contributed by atoms with E-state index in [4.69, 9.17) is 14.6 Å². The average Bonchev–Trinajstić information content (AvgIpc) is 3.60. The molecule has 2 aromatic rings. The molecular formula is C30H37ClN2O6. The van der Waals surface area contributed by atoms with Crippen LogP contribution >= 0.6 is 12.4 Å². The molecular weight excluding hydrogens is 520 g/mol. The molecule has 0 radical (unpaired) electrons. The average molecular weight is 557 g/mol. The van der Waals surface area contributed by atoms with E-state index in [1.165, 1.54) is 0 Å². The zero-order chi connectivity index (χ0) is 26.9. The molecule has 5 rings (SSSR count). The minimum absolute atomic E-state index is 0. The maximum atomic E-state index is 12.8. The molecule has 8 nitrogen and oxygen atoms in total. The molecule has 1 amide bonds. The number of benzene rings is 2. The van der Waals surface area contributed by atoms with Crippen molar-refractivity contribution in [3.63, 3.8) is 0 Å². The van der Waals surface area contributed by atoms with E-state index in [0.717, 1.165) is 54.5 Å². The van der Waals surface area contributed by atoms with Crippen LogP contribution in [0.4, 0.5) is 5.69 Å². The first-order chi connectivity index (χ1) is 18.2. The number of β-amino-alcohol motifs (C(OH)–C–C–N with tert-alkyl or cyclic N) is 1. The number of hydrogen-bond acceptors (Lipinski definition) is 6. The summed E-state index contributed by atoms with van der Waals surface area (Å²) in [6, 6.07) is 11.4. The van der Waals surface area contributed by atoms with Crippen molar-refractivity contribution in [2.75, 3.05) is 25.1 Å². The highest BCUT2D eigenvalue weighted by Crippen LogP contribution is 2.52. The third kappa shape index (κ3) is 5.93. The number of amides is 1. The number of halogens is 1. The lowest BCUT2D eigenvalue weighted by molar-refractivity contribution is -0.139. The van der Waals surface area contributed by atoms with Gasteiger partial charge in [-0.15, -0.1) is 12.4 Å². The second kappa shape index (κ2) is 11.6. The number of ether oxygens (including phenoxy) is 2. The fourth-order valence-corrected chi connectivity index (χ4v) is 6.14. The first-order valence-electron chi connectivity index (χ1n) is 13.4. The fourth-order valence-electron chi connectivity index (χ4n) is 6.14.